The van der Waals surface area contributed by atoms with Gasteiger partial charge in [-0.25, -0.2) is 4.79 Å². The summed E-state index contributed by atoms with van der Waals surface area (Å²) in [6.07, 6.45) is 0. The molecule has 0 spiro atoms. The van der Waals surface area contributed by atoms with E-state index >= 15 is 0 Å². The number of para-hydroxylation sites is 1. The third-order valence-corrected chi connectivity index (χ3v) is 6.08. The van der Waals surface area contributed by atoms with Crippen molar-refractivity contribution in [3.8, 4) is 0 Å². The SMILES string of the molecule is O=c1oc2ccccc2c2c1C(c1cc(Cl)cc(Cl)c1)c1c(ccc3c1CN=N3)N2. The van der Waals surface area contributed by atoms with Crippen molar-refractivity contribution in [1.29, 1.82) is 0 Å². The van der Waals surface area contributed by atoms with E-state index in [0.29, 0.717) is 27.7 Å². The lowest BCUT2D eigenvalue weighted by atomic mass is 9.78. The highest BCUT2D eigenvalue weighted by molar-refractivity contribution is 6.34. The molecule has 146 valence electrons. The zero-order valence-corrected chi connectivity index (χ0v) is 17.0. The van der Waals surface area contributed by atoms with Gasteiger partial charge in [-0.2, -0.15) is 10.2 Å². The molecule has 0 radical (unpaired) electrons. The lowest BCUT2D eigenvalue weighted by Crippen LogP contribution is -2.23. The quantitative estimate of drug-likeness (QED) is 0.291. The molecule has 1 N–H and O–H groups in total. The van der Waals surface area contributed by atoms with E-state index < -0.39 is 11.5 Å². The molecule has 6 rings (SSSR count). The van der Waals surface area contributed by atoms with Crippen molar-refractivity contribution in [2.24, 2.45) is 10.2 Å². The molecule has 0 amide bonds. The largest absolute Gasteiger partial charge is 0.422 e. The van der Waals surface area contributed by atoms with E-state index in [-0.39, 0.29) is 0 Å². The lowest BCUT2D eigenvalue weighted by Gasteiger charge is -2.31. The second-order valence-corrected chi connectivity index (χ2v) is 8.23. The Morgan fingerprint density at radius 2 is 1.80 bits per heavy atom. The number of benzene rings is 3. The first-order chi connectivity index (χ1) is 14.6. The number of rotatable bonds is 1. The summed E-state index contributed by atoms with van der Waals surface area (Å²) in [4.78, 5) is 13.2. The van der Waals surface area contributed by atoms with Gasteiger partial charge in [-0.05, 0) is 53.6 Å². The van der Waals surface area contributed by atoms with Crippen molar-refractivity contribution < 1.29 is 4.42 Å². The molecule has 7 heteroatoms. The highest BCUT2D eigenvalue weighted by Crippen LogP contribution is 2.50. The fourth-order valence-corrected chi connectivity index (χ4v) is 4.99. The van der Waals surface area contributed by atoms with Crippen LogP contribution in [0.3, 0.4) is 0 Å². The van der Waals surface area contributed by atoms with Gasteiger partial charge in [-0.15, -0.1) is 0 Å². The maximum atomic E-state index is 13.2. The van der Waals surface area contributed by atoms with Crippen LogP contribution >= 0.6 is 23.2 Å². The van der Waals surface area contributed by atoms with Crippen LogP contribution in [0.1, 0.15) is 28.2 Å². The standard InChI is InChI=1S/C23H13Cl2N3O2/c24-12-7-11(8-13(25)9-12)19-20-15-10-26-28-16(15)5-6-17(20)27-22-14-3-1-2-4-18(14)30-23(29)21(19)22/h1-9,19,27H,10H2. The molecular weight excluding hydrogens is 421 g/mol. The van der Waals surface area contributed by atoms with Crippen LogP contribution in [0.5, 0.6) is 0 Å². The van der Waals surface area contributed by atoms with Gasteiger partial charge >= 0.3 is 5.63 Å². The minimum absolute atomic E-state index is 0.396. The third-order valence-electron chi connectivity index (χ3n) is 5.64. The van der Waals surface area contributed by atoms with Crippen molar-refractivity contribution >= 4 is 51.2 Å². The molecule has 0 fully saturated rings. The average molecular weight is 434 g/mol. The molecule has 0 aliphatic carbocycles. The third kappa shape index (κ3) is 2.52. The van der Waals surface area contributed by atoms with Gasteiger partial charge in [0.05, 0.1) is 23.5 Å². The molecule has 3 aromatic carbocycles. The van der Waals surface area contributed by atoms with Crippen LogP contribution < -0.4 is 10.9 Å². The average Bonchev–Trinajstić information content (AvgIpc) is 3.21. The second-order valence-electron chi connectivity index (χ2n) is 7.36. The summed E-state index contributed by atoms with van der Waals surface area (Å²) in [5.41, 5.74) is 5.87. The molecule has 30 heavy (non-hydrogen) atoms. The molecular formula is C23H13Cl2N3O2. The molecule has 0 bridgehead atoms. The summed E-state index contributed by atoms with van der Waals surface area (Å²) < 4.78 is 5.70. The maximum absolute atomic E-state index is 13.2. The minimum atomic E-state index is -0.410. The van der Waals surface area contributed by atoms with Gasteiger partial charge in [0.1, 0.15) is 5.58 Å². The number of halogens is 2. The number of azo groups is 1. The minimum Gasteiger partial charge on any atom is -0.422 e. The topological polar surface area (TPSA) is 67.0 Å². The van der Waals surface area contributed by atoms with Gasteiger partial charge in [0.25, 0.3) is 0 Å². The summed E-state index contributed by atoms with van der Waals surface area (Å²) in [6, 6.07) is 16.8. The summed E-state index contributed by atoms with van der Waals surface area (Å²) in [6.45, 7) is 0.458. The van der Waals surface area contributed by atoms with Gasteiger partial charge in [0, 0.05) is 32.6 Å². The van der Waals surface area contributed by atoms with Crippen molar-refractivity contribution in [3.05, 3.63) is 97.3 Å². The van der Waals surface area contributed by atoms with E-state index in [4.69, 9.17) is 27.6 Å². The van der Waals surface area contributed by atoms with Gasteiger partial charge in [-0.3, -0.25) is 0 Å². The summed E-state index contributed by atoms with van der Waals surface area (Å²) in [7, 11) is 0. The Morgan fingerprint density at radius 1 is 1.00 bits per heavy atom. The van der Waals surface area contributed by atoms with Crippen LogP contribution in [0, 0.1) is 0 Å². The first-order valence-corrected chi connectivity index (χ1v) is 10.2. The smallest absolute Gasteiger partial charge is 0.342 e. The van der Waals surface area contributed by atoms with E-state index in [1.165, 1.54) is 0 Å². The monoisotopic (exact) mass is 433 g/mol. The number of fused-ring (bicyclic) bond motifs is 6. The molecule has 4 aromatic rings. The summed E-state index contributed by atoms with van der Waals surface area (Å²) in [5.74, 6) is -0.410. The molecule has 5 nitrogen and oxygen atoms in total. The Bertz CT molecular complexity index is 1440. The molecule has 0 saturated heterocycles. The zero-order chi connectivity index (χ0) is 20.4. The van der Waals surface area contributed by atoms with Gasteiger partial charge in [0.15, 0.2) is 0 Å². The van der Waals surface area contributed by atoms with Crippen LogP contribution in [0.2, 0.25) is 10.0 Å². The lowest BCUT2D eigenvalue weighted by molar-refractivity contribution is 0.548. The number of hydrogen-bond acceptors (Lipinski definition) is 5. The molecule has 2 aliphatic rings. The van der Waals surface area contributed by atoms with Crippen LogP contribution in [-0.2, 0) is 6.54 Å². The van der Waals surface area contributed by atoms with Crippen molar-refractivity contribution in [2.45, 2.75) is 12.5 Å². The van der Waals surface area contributed by atoms with E-state index in [1.54, 1.807) is 12.1 Å². The fourth-order valence-electron chi connectivity index (χ4n) is 4.45. The molecule has 1 aromatic heterocycles. The van der Waals surface area contributed by atoms with Gasteiger partial charge < -0.3 is 9.73 Å². The second kappa shape index (κ2) is 6.42. The highest BCUT2D eigenvalue weighted by Gasteiger charge is 2.35. The zero-order valence-electron chi connectivity index (χ0n) is 15.4. The normalized spacial score (nSPS) is 16.1. The Balaban J connectivity index is 1.74. The van der Waals surface area contributed by atoms with Crippen molar-refractivity contribution in [1.82, 2.24) is 0 Å². The Hall–Kier alpha value is -3.15. The Kier molecular flexibility index (Phi) is 3.79. The fraction of sp³-hybridized carbons (Fsp3) is 0.0870. The van der Waals surface area contributed by atoms with Crippen LogP contribution in [0.15, 0.2) is 74.0 Å². The first-order valence-electron chi connectivity index (χ1n) is 9.42. The molecule has 2 aliphatic heterocycles. The summed E-state index contributed by atoms with van der Waals surface area (Å²) in [5, 5.41) is 13.8. The van der Waals surface area contributed by atoms with E-state index in [1.807, 2.05) is 42.5 Å². The molecule has 1 unspecified atom stereocenters. The maximum Gasteiger partial charge on any atom is 0.342 e. The Labute approximate surface area is 181 Å². The number of nitrogens with one attached hydrogen (secondary N) is 1. The molecule has 1 atom stereocenters. The predicted molar refractivity (Wildman–Crippen MR) is 118 cm³/mol. The van der Waals surface area contributed by atoms with Crippen molar-refractivity contribution in [3.63, 3.8) is 0 Å². The first kappa shape index (κ1) is 17.7. The number of nitrogens with zero attached hydrogens (tertiary/aromatic N) is 2. The van der Waals surface area contributed by atoms with E-state index in [2.05, 4.69) is 15.5 Å². The van der Waals surface area contributed by atoms with Crippen LogP contribution in [0.25, 0.3) is 11.0 Å². The number of hydrogen-bond donors (Lipinski definition) is 1. The van der Waals surface area contributed by atoms with Gasteiger partial charge in [-0.1, -0.05) is 35.3 Å². The molecule has 3 heterocycles. The van der Waals surface area contributed by atoms with E-state index in [0.717, 1.165) is 39.1 Å². The number of anilines is 2. The van der Waals surface area contributed by atoms with Crippen LogP contribution in [0.4, 0.5) is 17.1 Å². The predicted octanol–water partition coefficient (Wildman–Crippen LogP) is 6.93. The van der Waals surface area contributed by atoms with E-state index in [9.17, 15) is 4.79 Å². The van der Waals surface area contributed by atoms with Crippen molar-refractivity contribution in [2.75, 3.05) is 5.32 Å². The molecule has 0 saturated carbocycles. The Morgan fingerprint density at radius 3 is 2.63 bits per heavy atom. The summed E-state index contributed by atoms with van der Waals surface area (Å²) >= 11 is 12.7. The highest BCUT2D eigenvalue weighted by atomic mass is 35.5. The van der Waals surface area contributed by atoms with Crippen LogP contribution in [-0.4, -0.2) is 0 Å². The van der Waals surface area contributed by atoms with Gasteiger partial charge in [0.2, 0.25) is 0 Å².